The van der Waals surface area contributed by atoms with E-state index in [4.69, 9.17) is 29.8 Å². The topological polar surface area (TPSA) is 46.2 Å². The van der Waals surface area contributed by atoms with Crippen LogP contribution in [0.2, 0.25) is 5.04 Å². The molecule has 0 saturated carbocycles. The van der Waals surface area contributed by atoms with Crippen molar-refractivity contribution in [3.63, 3.8) is 0 Å². The molecule has 0 aliphatic carbocycles. The molecule has 0 bridgehead atoms. The maximum Gasteiger partial charge on any atom is 0.261 e. The molecule has 0 radical (unpaired) electrons. The molecule has 64 heavy (non-hydrogen) atoms. The van der Waals surface area contributed by atoms with Crippen LogP contribution >= 0.6 is 0 Å². The Kier molecular flexibility index (Phi) is 16.3. The molecule has 0 heterocycles. The van der Waals surface area contributed by atoms with Gasteiger partial charge in [0.25, 0.3) is 8.32 Å². The fourth-order valence-corrected chi connectivity index (χ4v) is 13.4. The van der Waals surface area contributed by atoms with Crippen molar-refractivity contribution >= 4 is 18.7 Å². The van der Waals surface area contributed by atoms with Gasteiger partial charge >= 0.3 is 0 Å². The molecule has 0 amide bonds. The summed E-state index contributed by atoms with van der Waals surface area (Å²) in [5.74, 6) is 2.74. The monoisotopic (exact) mass is 864 g/mol. The zero-order valence-corrected chi connectivity index (χ0v) is 38.3. The van der Waals surface area contributed by atoms with Crippen LogP contribution in [0.3, 0.4) is 0 Å². The Morgan fingerprint density at radius 3 is 1.28 bits per heavy atom. The van der Waals surface area contributed by atoms with E-state index in [9.17, 15) is 0 Å². The smallest absolute Gasteiger partial charge is 0.261 e. The molecule has 0 fully saturated rings. The molecule has 0 saturated heterocycles. The van der Waals surface area contributed by atoms with Gasteiger partial charge in [-0.05, 0) is 49.6 Å². The molecule has 0 aliphatic rings. The molecule has 326 valence electrons. The Labute approximate surface area is 382 Å². The molecule has 5 nitrogen and oxygen atoms in total. The number of rotatable bonds is 22. The van der Waals surface area contributed by atoms with Crippen LogP contribution in [0.1, 0.15) is 55.0 Å². The van der Waals surface area contributed by atoms with Crippen LogP contribution in [0.5, 0.6) is 0 Å². The van der Waals surface area contributed by atoms with Crippen LogP contribution in [-0.2, 0) is 42.2 Å². The summed E-state index contributed by atoms with van der Waals surface area (Å²) in [6, 6.07) is 73.0. The molecule has 7 aromatic rings. The van der Waals surface area contributed by atoms with Crippen LogP contribution in [-0.4, -0.2) is 46.4 Å². The van der Waals surface area contributed by atoms with E-state index >= 15 is 0 Å². The van der Waals surface area contributed by atoms with Gasteiger partial charge in [0, 0.05) is 6.61 Å². The minimum Gasteiger partial charge on any atom is -0.407 e. The predicted octanol–water partition coefficient (Wildman–Crippen LogP) is 11.2. The Morgan fingerprint density at radius 1 is 0.484 bits per heavy atom. The summed E-state index contributed by atoms with van der Waals surface area (Å²) in [5.41, 5.74) is 4.04. The Hall–Kier alpha value is -5.88. The molecule has 0 spiro atoms. The van der Waals surface area contributed by atoms with Gasteiger partial charge in [0.1, 0.15) is 24.4 Å². The van der Waals surface area contributed by atoms with Crippen molar-refractivity contribution < 1.29 is 23.4 Å². The van der Waals surface area contributed by atoms with Gasteiger partial charge in [-0.3, -0.25) is 0 Å². The number of terminal acetylenes is 1. The third kappa shape index (κ3) is 11.1. The molecule has 0 unspecified atom stereocenters. The first-order chi connectivity index (χ1) is 31.3. The largest absolute Gasteiger partial charge is 0.407 e. The molecular weight excluding hydrogens is 805 g/mol. The van der Waals surface area contributed by atoms with Crippen molar-refractivity contribution in [1.82, 2.24) is 0 Å². The maximum atomic E-state index is 7.51. The lowest BCUT2D eigenvalue weighted by Gasteiger charge is -2.43. The Morgan fingerprint density at radius 2 is 0.875 bits per heavy atom. The maximum absolute atomic E-state index is 7.51. The first-order valence-electron chi connectivity index (χ1n) is 22.3. The summed E-state index contributed by atoms with van der Waals surface area (Å²) in [7, 11) is -2.89. The zero-order chi connectivity index (χ0) is 44.5. The van der Waals surface area contributed by atoms with Gasteiger partial charge in [-0.2, -0.15) is 0 Å². The Balaban J connectivity index is 1.30. The normalized spacial score (nSPS) is 13.4. The highest BCUT2D eigenvalue weighted by molar-refractivity contribution is 6.99. The van der Waals surface area contributed by atoms with E-state index < -0.39 is 32.2 Å². The second kappa shape index (κ2) is 22.6. The molecule has 7 rings (SSSR count). The van der Waals surface area contributed by atoms with Gasteiger partial charge in [-0.15, -0.1) is 6.42 Å². The zero-order valence-electron chi connectivity index (χ0n) is 37.3. The fourth-order valence-electron chi connectivity index (χ4n) is 8.80. The standard InChI is InChI=1S/C58H60O5Si/c1-5-42-59-55(46-62-58(49-31-17-8-18-32-49,50-33-19-9-20-34-50)51-35-21-10-22-36-51)56(61-45-48-29-15-7-16-30-48)54(60-44-47-27-13-6-14-28-47)41-43-63-64(57(2,3)4,52-37-23-11-24-38-52)53-39-25-12-26-40-53/h1,6-40,54-56H,41-46H2,2-4H3/t54-,55-,56+/m1/s1. The van der Waals surface area contributed by atoms with Crippen LogP contribution in [0, 0.1) is 12.3 Å². The van der Waals surface area contributed by atoms with Crippen molar-refractivity contribution in [2.75, 3.05) is 19.8 Å². The first kappa shape index (κ1) is 46.1. The second-order valence-electron chi connectivity index (χ2n) is 17.0. The highest BCUT2D eigenvalue weighted by atomic mass is 28.4. The summed E-state index contributed by atoms with van der Waals surface area (Å²) >= 11 is 0. The minimum atomic E-state index is -2.89. The molecule has 7 aromatic carbocycles. The summed E-state index contributed by atoms with van der Waals surface area (Å²) in [6.45, 7) is 8.17. The molecule has 3 atom stereocenters. The lowest BCUT2D eigenvalue weighted by Crippen LogP contribution is -2.66. The van der Waals surface area contributed by atoms with Crippen LogP contribution in [0.25, 0.3) is 0 Å². The molecule has 0 aliphatic heterocycles. The first-order valence-corrected chi connectivity index (χ1v) is 24.2. The van der Waals surface area contributed by atoms with E-state index in [1.807, 2.05) is 54.6 Å². The summed E-state index contributed by atoms with van der Waals surface area (Å²) in [4.78, 5) is 0. The lowest BCUT2D eigenvalue weighted by molar-refractivity contribution is -0.171. The average Bonchev–Trinajstić information content (AvgIpc) is 3.35. The summed E-state index contributed by atoms with van der Waals surface area (Å²) in [6.07, 6.45) is 4.68. The van der Waals surface area contributed by atoms with E-state index in [1.54, 1.807) is 0 Å². The molecule has 0 aromatic heterocycles. The second-order valence-corrected chi connectivity index (χ2v) is 21.3. The quantitative estimate of drug-likeness (QED) is 0.0386. The minimum absolute atomic E-state index is 0.0538. The predicted molar refractivity (Wildman–Crippen MR) is 262 cm³/mol. The van der Waals surface area contributed by atoms with Gasteiger partial charge in [0.05, 0.1) is 25.9 Å². The van der Waals surface area contributed by atoms with Crippen LogP contribution in [0.4, 0.5) is 0 Å². The van der Waals surface area contributed by atoms with Gasteiger partial charge in [-0.25, -0.2) is 0 Å². The SMILES string of the molecule is C#CCO[C@H](COC(c1ccccc1)(c1ccccc1)c1ccccc1)[C@@H](OCc1ccccc1)[C@@H](CCO[Si](c1ccccc1)(c1ccccc1)C(C)(C)C)OCc1ccccc1. The fraction of sp³-hybridized carbons (Fsp3) is 0.241. The van der Waals surface area contributed by atoms with Crippen LogP contribution in [0.15, 0.2) is 212 Å². The van der Waals surface area contributed by atoms with Crippen molar-refractivity contribution in [3.05, 3.63) is 240 Å². The summed E-state index contributed by atoms with van der Waals surface area (Å²) in [5, 5.41) is 2.23. The van der Waals surface area contributed by atoms with Crippen molar-refractivity contribution in [2.24, 2.45) is 0 Å². The Bertz CT molecular complexity index is 2290. The van der Waals surface area contributed by atoms with Gasteiger partial charge in [0.15, 0.2) is 0 Å². The van der Waals surface area contributed by atoms with Gasteiger partial charge < -0.3 is 23.4 Å². The molecular formula is C58H60O5Si. The van der Waals surface area contributed by atoms with Crippen LogP contribution < -0.4 is 10.4 Å². The lowest BCUT2D eigenvalue weighted by atomic mass is 9.80. The summed E-state index contributed by atoms with van der Waals surface area (Å²) < 4.78 is 35.8. The van der Waals surface area contributed by atoms with E-state index in [0.29, 0.717) is 26.2 Å². The van der Waals surface area contributed by atoms with E-state index in [2.05, 4.69) is 184 Å². The number of ether oxygens (including phenoxy) is 4. The third-order valence-electron chi connectivity index (χ3n) is 11.8. The third-order valence-corrected chi connectivity index (χ3v) is 16.9. The van der Waals surface area contributed by atoms with E-state index in [1.165, 1.54) is 10.4 Å². The van der Waals surface area contributed by atoms with Crippen molar-refractivity contribution in [3.8, 4) is 12.3 Å². The number of hydrogen-bond acceptors (Lipinski definition) is 5. The number of benzene rings is 7. The molecule has 0 N–H and O–H groups in total. The highest BCUT2D eigenvalue weighted by Gasteiger charge is 2.50. The highest BCUT2D eigenvalue weighted by Crippen LogP contribution is 2.41. The number of hydrogen-bond donors (Lipinski definition) is 0. The molecule has 6 heteroatoms. The van der Waals surface area contributed by atoms with Gasteiger partial charge in [0.2, 0.25) is 0 Å². The van der Waals surface area contributed by atoms with E-state index in [-0.39, 0.29) is 18.3 Å². The van der Waals surface area contributed by atoms with Crippen molar-refractivity contribution in [2.45, 2.75) is 69.4 Å². The van der Waals surface area contributed by atoms with Crippen molar-refractivity contribution in [1.29, 1.82) is 0 Å². The van der Waals surface area contributed by atoms with E-state index in [0.717, 1.165) is 27.8 Å². The van der Waals surface area contributed by atoms with Gasteiger partial charge in [-0.1, -0.05) is 239 Å². The average molecular weight is 865 g/mol.